The molecule has 1 aromatic heterocycles. The number of carbonyl (C=O) groups excluding carboxylic acids is 1. The fraction of sp³-hybridized carbons (Fsp3) is 0.400. The number of hydrogen-bond donors (Lipinski definition) is 1. The molecule has 0 bridgehead atoms. The average molecular weight is 418 g/mol. The van der Waals surface area contributed by atoms with Crippen LogP contribution in [0, 0.1) is 11.7 Å². The number of hydrogen-bond acceptors (Lipinski definition) is 5. The molecule has 1 amide bonds. The van der Waals surface area contributed by atoms with Crippen LogP contribution in [0.1, 0.15) is 13.8 Å². The molecule has 0 atom stereocenters. The van der Waals surface area contributed by atoms with Gasteiger partial charge < -0.3 is 15.4 Å². The molecule has 0 unspecified atom stereocenters. The number of carbonyl (C=O) groups is 1. The van der Waals surface area contributed by atoms with Gasteiger partial charge in [0.2, 0.25) is 5.28 Å². The van der Waals surface area contributed by atoms with Crippen molar-refractivity contribution in [1.82, 2.24) is 9.97 Å². The molecule has 1 fully saturated rings. The molecule has 24 heavy (non-hydrogen) atoms. The molecule has 0 aliphatic carbocycles. The van der Waals surface area contributed by atoms with Gasteiger partial charge in [0.05, 0.1) is 4.47 Å². The SMILES string of the molecule is CC(C)(OC(N)=O)C1CN(c2nc(Cl)nc3c(F)c(Br)ccc23)C1. The van der Waals surface area contributed by atoms with Crippen LogP contribution >= 0.6 is 27.5 Å². The van der Waals surface area contributed by atoms with E-state index in [1.165, 1.54) is 0 Å². The minimum absolute atomic E-state index is 0.0226. The Morgan fingerprint density at radius 3 is 2.75 bits per heavy atom. The van der Waals surface area contributed by atoms with Crippen LogP contribution in [0.2, 0.25) is 5.28 Å². The van der Waals surface area contributed by atoms with E-state index in [0.29, 0.717) is 28.8 Å². The highest BCUT2D eigenvalue weighted by molar-refractivity contribution is 9.10. The van der Waals surface area contributed by atoms with Crippen LogP contribution in [0.25, 0.3) is 10.9 Å². The number of halogens is 3. The average Bonchev–Trinajstić information content (AvgIpc) is 2.39. The Balaban J connectivity index is 1.90. The van der Waals surface area contributed by atoms with Crippen LogP contribution in [0.3, 0.4) is 0 Å². The van der Waals surface area contributed by atoms with E-state index in [2.05, 4.69) is 25.9 Å². The van der Waals surface area contributed by atoms with Gasteiger partial charge in [-0.25, -0.2) is 14.2 Å². The normalized spacial score (nSPS) is 15.5. The molecule has 0 spiro atoms. The lowest BCUT2D eigenvalue weighted by Crippen LogP contribution is -2.57. The van der Waals surface area contributed by atoms with Crippen molar-refractivity contribution in [1.29, 1.82) is 0 Å². The van der Waals surface area contributed by atoms with Crippen molar-refractivity contribution >= 4 is 50.3 Å². The molecule has 1 aromatic carbocycles. The summed E-state index contributed by atoms with van der Waals surface area (Å²) < 4.78 is 19.7. The number of anilines is 1. The largest absolute Gasteiger partial charge is 0.443 e. The second-order valence-electron chi connectivity index (χ2n) is 6.20. The molecule has 2 heterocycles. The van der Waals surface area contributed by atoms with Gasteiger partial charge in [-0.1, -0.05) is 0 Å². The number of rotatable bonds is 3. The number of nitrogens with zero attached hydrogens (tertiary/aromatic N) is 3. The Morgan fingerprint density at radius 2 is 2.12 bits per heavy atom. The molecular formula is C15H15BrClFN4O2. The van der Waals surface area contributed by atoms with Gasteiger partial charge in [0.1, 0.15) is 16.9 Å². The molecule has 3 rings (SSSR count). The highest BCUT2D eigenvalue weighted by atomic mass is 79.9. The summed E-state index contributed by atoms with van der Waals surface area (Å²) in [6, 6.07) is 3.35. The third-order valence-corrected chi connectivity index (χ3v) is 5.02. The van der Waals surface area contributed by atoms with Crippen LogP contribution in [0.5, 0.6) is 0 Å². The van der Waals surface area contributed by atoms with Crippen molar-refractivity contribution in [3.8, 4) is 0 Å². The van der Waals surface area contributed by atoms with Gasteiger partial charge in [-0.05, 0) is 53.5 Å². The predicted octanol–water partition coefficient (Wildman–Crippen LogP) is 3.49. The first-order valence-electron chi connectivity index (χ1n) is 7.23. The molecule has 1 aliphatic rings. The summed E-state index contributed by atoms with van der Waals surface area (Å²) in [7, 11) is 0. The van der Waals surface area contributed by atoms with Gasteiger partial charge in [-0.15, -0.1) is 0 Å². The number of aromatic nitrogens is 2. The lowest BCUT2D eigenvalue weighted by atomic mass is 9.84. The summed E-state index contributed by atoms with van der Waals surface area (Å²) in [5, 5.41) is 0.553. The topological polar surface area (TPSA) is 81.3 Å². The highest BCUT2D eigenvalue weighted by Crippen LogP contribution is 2.37. The van der Waals surface area contributed by atoms with E-state index in [9.17, 15) is 9.18 Å². The summed E-state index contributed by atoms with van der Waals surface area (Å²) in [6.45, 7) is 4.78. The van der Waals surface area contributed by atoms with Crippen molar-refractivity contribution in [2.75, 3.05) is 18.0 Å². The van der Waals surface area contributed by atoms with E-state index in [1.807, 2.05) is 18.7 Å². The van der Waals surface area contributed by atoms with Gasteiger partial charge in [0.15, 0.2) is 5.82 Å². The molecular weight excluding hydrogens is 403 g/mol. The van der Waals surface area contributed by atoms with Gasteiger partial charge in [0, 0.05) is 24.4 Å². The summed E-state index contributed by atoms with van der Waals surface area (Å²) in [6.07, 6.45) is -0.805. The number of ether oxygens (including phenoxy) is 1. The quantitative estimate of drug-likeness (QED) is 0.773. The lowest BCUT2D eigenvalue weighted by molar-refractivity contribution is -0.0112. The maximum atomic E-state index is 14.3. The molecule has 1 saturated heterocycles. The first-order valence-corrected chi connectivity index (χ1v) is 8.41. The van der Waals surface area contributed by atoms with Gasteiger partial charge >= 0.3 is 6.09 Å². The minimum Gasteiger partial charge on any atom is -0.443 e. The highest BCUT2D eigenvalue weighted by Gasteiger charge is 2.42. The number of amides is 1. The number of nitrogens with two attached hydrogens (primary N) is 1. The Kier molecular flexibility index (Phi) is 4.29. The van der Waals surface area contributed by atoms with Crippen LogP contribution in [-0.2, 0) is 4.74 Å². The summed E-state index contributed by atoms with van der Waals surface area (Å²) in [5.74, 6) is 0.157. The van der Waals surface area contributed by atoms with E-state index in [4.69, 9.17) is 22.1 Å². The minimum atomic E-state index is -0.805. The number of primary amides is 1. The van der Waals surface area contributed by atoms with Gasteiger partial charge in [-0.3, -0.25) is 0 Å². The van der Waals surface area contributed by atoms with E-state index < -0.39 is 17.5 Å². The second kappa shape index (κ2) is 6.00. The van der Waals surface area contributed by atoms with E-state index in [1.54, 1.807) is 12.1 Å². The van der Waals surface area contributed by atoms with Crippen LogP contribution in [0.4, 0.5) is 15.0 Å². The second-order valence-corrected chi connectivity index (χ2v) is 7.39. The smallest absolute Gasteiger partial charge is 0.405 e. The van der Waals surface area contributed by atoms with E-state index in [0.717, 1.165) is 0 Å². The molecule has 2 aromatic rings. The lowest BCUT2D eigenvalue weighted by Gasteiger charge is -2.47. The Bertz CT molecular complexity index is 827. The Morgan fingerprint density at radius 1 is 1.46 bits per heavy atom. The first kappa shape index (κ1) is 17.2. The van der Waals surface area contributed by atoms with Gasteiger partial charge in [-0.2, -0.15) is 4.98 Å². The molecule has 128 valence electrons. The van der Waals surface area contributed by atoms with Crippen molar-refractivity contribution in [2.24, 2.45) is 11.7 Å². The van der Waals surface area contributed by atoms with Crippen molar-refractivity contribution < 1.29 is 13.9 Å². The van der Waals surface area contributed by atoms with E-state index in [-0.39, 0.29) is 16.7 Å². The van der Waals surface area contributed by atoms with Crippen molar-refractivity contribution in [3.63, 3.8) is 0 Å². The Labute approximate surface area is 151 Å². The zero-order valence-electron chi connectivity index (χ0n) is 13.0. The maximum Gasteiger partial charge on any atom is 0.405 e. The summed E-state index contributed by atoms with van der Waals surface area (Å²) in [5.41, 5.74) is 4.58. The zero-order valence-corrected chi connectivity index (χ0v) is 15.4. The molecule has 0 radical (unpaired) electrons. The number of benzene rings is 1. The maximum absolute atomic E-state index is 14.3. The molecule has 1 aliphatic heterocycles. The van der Waals surface area contributed by atoms with Crippen LogP contribution in [-0.4, -0.2) is 34.8 Å². The fourth-order valence-electron chi connectivity index (χ4n) is 2.77. The number of fused-ring (bicyclic) bond motifs is 1. The fourth-order valence-corrected chi connectivity index (χ4v) is 3.25. The molecule has 9 heteroatoms. The standard InChI is InChI=1S/C15H15BrClFN4O2/c1-15(2,24-14(19)23)7-5-22(6-7)12-8-3-4-9(16)10(18)11(8)20-13(17)21-12/h3-4,7H,5-6H2,1-2H3,(H2,19,23). The monoisotopic (exact) mass is 416 g/mol. The van der Waals surface area contributed by atoms with Crippen LogP contribution in [0.15, 0.2) is 16.6 Å². The van der Waals surface area contributed by atoms with Gasteiger partial charge in [0.25, 0.3) is 0 Å². The molecule has 2 N–H and O–H groups in total. The zero-order chi connectivity index (χ0) is 17.6. The summed E-state index contributed by atoms with van der Waals surface area (Å²) in [4.78, 5) is 21.2. The van der Waals surface area contributed by atoms with Crippen molar-refractivity contribution in [2.45, 2.75) is 19.4 Å². The molecule has 0 saturated carbocycles. The van der Waals surface area contributed by atoms with Crippen molar-refractivity contribution in [3.05, 3.63) is 27.7 Å². The van der Waals surface area contributed by atoms with Crippen LogP contribution < -0.4 is 10.6 Å². The predicted molar refractivity (Wildman–Crippen MR) is 92.7 cm³/mol. The third-order valence-electron chi connectivity index (χ3n) is 4.24. The Hall–Kier alpha value is -1.67. The summed E-state index contributed by atoms with van der Waals surface area (Å²) >= 11 is 9.09. The van der Waals surface area contributed by atoms with E-state index >= 15 is 0 Å². The third kappa shape index (κ3) is 3.00. The molecule has 6 nitrogen and oxygen atoms in total. The first-order chi connectivity index (χ1) is 11.2.